The topological polar surface area (TPSA) is 12.5 Å². The molecule has 0 atom stereocenters. The van der Waals surface area contributed by atoms with Crippen LogP contribution < -0.4 is 4.74 Å². The summed E-state index contributed by atoms with van der Waals surface area (Å²) in [5, 5.41) is 0. The Morgan fingerprint density at radius 1 is 1.25 bits per heavy atom. The lowest BCUT2D eigenvalue weighted by Gasteiger charge is -2.29. The lowest BCUT2D eigenvalue weighted by Crippen LogP contribution is -2.38. The van der Waals surface area contributed by atoms with E-state index in [4.69, 9.17) is 4.74 Å². The van der Waals surface area contributed by atoms with Crippen LogP contribution in [0.2, 0.25) is 0 Å². The van der Waals surface area contributed by atoms with E-state index in [2.05, 4.69) is 0 Å². The van der Waals surface area contributed by atoms with Gasteiger partial charge >= 0.3 is 6.05 Å². The van der Waals surface area contributed by atoms with Gasteiger partial charge in [-0.3, -0.25) is 0 Å². The predicted molar refractivity (Wildman–Crippen MR) is 59.8 cm³/mol. The fourth-order valence-electron chi connectivity index (χ4n) is 1.61. The zero-order chi connectivity index (χ0) is 12.2. The van der Waals surface area contributed by atoms with E-state index in [1.165, 1.54) is 19.2 Å². The monoisotopic (exact) mass is 229 g/mol. The molecule has 1 rings (SSSR count). The number of alkyl halides is 2. The van der Waals surface area contributed by atoms with Gasteiger partial charge in [-0.15, -0.1) is 0 Å². The molecular weight excluding hydrogens is 212 g/mol. The van der Waals surface area contributed by atoms with Crippen molar-refractivity contribution < 1.29 is 13.5 Å². The van der Waals surface area contributed by atoms with Crippen molar-refractivity contribution in [2.75, 3.05) is 20.2 Å². The minimum atomic E-state index is -2.95. The third-order valence-electron chi connectivity index (χ3n) is 2.58. The third-order valence-corrected chi connectivity index (χ3v) is 2.58. The molecule has 0 aliphatic carbocycles. The molecule has 0 aromatic heterocycles. The maximum absolute atomic E-state index is 14.0. The second kappa shape index (κ2) is 5.25. The summed E-state index contributed by atoms with van der Waals surface area (Å²) in [6.45, 7) is 4.05. The van der Waals surface area contributed by atoms with E-state index in [0.29, 0.717) is 18.8 Å². The molecule has 2 nitrogen and oxygen atoms in total. The minimum Gasteiger partial charge on any atom is -0.497 e. The first-order valence-electron chi connectivity index (χ1n) is 5.33. The highest BCUT2D eigenvalue weighted by Gasteiger charge is 2.37. The molecule has 4 heteroatoms. The normalized spacial score (nSPS) is 11.9. The van der Waals surface area contributed by atoms with Crippen LogP contribution in [0, 0.1) is 0 Å². The van der Waals surface area contributed by atoms with Crippen LogP contribution in [0.1, 0.15) is 19.4 Å². The SMILES string of the molecule is CCN(CC)C(F)(F)c1cccc(OC)c1. The fraction of sp³-hybridized carbons (Fsp3) is 0.500. The summed E-state index contributed by atoms with van der Waals surface area (Å²) in [4.78, 5) is 1.11. The Hall–Kier alpha value is -1.16. The Balaban J connectivity index is 3.04. The van der Waals surface area contributed by atoms with Gasteiger partial charge in [0.25, 0.3) is 0 Å². The highest BCUT2D eigenvalue weighted by atomic mass is 19.3. The van der Waals surface area contributed by atoms with Crippen molar-refractivity contribution in [3.8, 4) is 5.75 Å². The average molecular weight is 229 g/mol. The van der Waals surface area contributed by atoms with E-state index >= 15 is 0 Å². The Kier molecular flexibility index (Phi) is 4.24. The van der Waals surface area contributed by atoms with E-state index in [-0.39, 0.29) is 5.56 Å². The second-order valence-corrected chi connectivity index (χ2v) is 3.45. The van der Waals surface area contributed by atoms with E-state index in [1.54, 1.807) is 26.0 Å². The minimum absolute atomic E-state index is 0.0319. The van der Waals surface area contributed by atoms with Crippen LogP contribution in [0.4, 0.5) is 8.78 Å². The number of hydrogen-bond acceptors (Lipinski definition) is 2. The third kappa shape index (κ3) is 2.50. The summed E-state index contributed by atoms with van der Waals surface area (Å²) >= 11 is 0. The second-order valence-electron chi connectivity index (χ2n) is 3.45. The fourth-order valence-corrected chi connectivity index (χ4v) is 1.61. The molecular formula is C12H17F2NO. The molecule has 0 bridgehead atoms. The van der Waals surface area contributed by atoms with Gasteiger partial charge in [-0.1, -0.05) is 26.0 Å². The molecule has 0 spiro atoms. The number of ether oxygens (including phenoxy) is 1. The number of halogens is 2. The quantitative estimate of drug-likeness (QED) is 0.719. The molecule has 0 fully saturated rings. The molecule has 1 aromatic carbocycles. The lowest BCUT2D eigenvalue weighted by molar-refractivity contribution is -0.151. The molecule has 0 saturated carbocycles. The van der Waals surface area contributed by atoms with Crippen LogP contribution in [0.5, 0.6) is 5.75 Å². The van der Waals surface area contributed by atoms with Gasteiger partial charge in [0.2, 0.25) is 0 Å². The highest BCUT2D eigenvalue weighted by molar-refractivity contribution is 5.30. The highest BCUT2D eigenvalue weighted by Crippen LogP contribution is 2.33. The van der Waals surface area contributed by atoms with Crippen molar-refractivity contribution in [3.63, 3.8) is 0 Å². The van der Waals surface area contributed by atoms with Gasteiger partial charge in [-0.25, -0.2) is 4.90 Å². The van der Waals surface area contributed by atoms with Crippen LogP contribution in [-0.2, 0) is 6.05 Å². The van der Waals surface area contributed by atoms with Crippen molar-refractivity contribution in [1.29, 1.82) is 0 Å². The van der Waals surface area contributed by atoms with Crippen molar-refractivity contribution in [2.24, 2.45) is 0 Å². The summed E-state index contributed by atoms with van der Waals surface area (Å²) < 4.78 is 33.0. The van der Waals surface area contributed by atoms with E-state index in [1.807, 2.05) is 0 Å². The van der Waals surface area contributed by atoms with Gasteiger partial charge in [0.15, 0.2) is 0 Å². The first-order valence-corrected chi connectivity index (χ1v) is 5.33. The zero-order valence-corrected chi connectivity index (χ0v) is 9.84. The number of methoxy groups -OCH3 is 1. The molecule has 0 N–H and O–H groups in total. The van der Waals surface area contributed by atoms with Crippen LogP contribution in [-0.4, -0.2) is 25.1 Å². The van der Waals surface area contributed by atoms with Crippen LogP contribution in [0.15, 0.2) is 24.3 Å². The van der Waals surface area contributed by atoms with Gasteiger partial charge < -0.3 is 4.74 Å². The van der Waals surface area contributed by atoms with Crippen molar-refractivity contribution >= 4 is 0 Å². The maximum Gasteiger partial charge on any atom is 0.331 e. The lowest BCUT2D eigenvalue weighted by atomic mass is 10.1. The molecule has 16 heavy (non-hydrogen) atoms. The van der Waals surface area contributed by atoms with Crippen LogP contribution in [0.3, 0.4) is 0 Å². The smallest absolute Gasteiger partial charge is 0.331 e. The average Bonchev–Trinajstić information content (AvgIpc) is 2.30. The van der Waals surface area contributed by atoms with E-state index in [9.17, 15) is 8.78 Å². The molecule has 0 amide bonds. The van der Waals surface area contributed by atoms with Crippen molar-refractivity contribution in [2.45, 2.75) is 19.9 Å². The summed E-state index contributed by atoms with van der Waals surface area (Å²) in [5.74, 6) is 0.448. The molecule has 1 aromatic rings. The first kappa shape index (κ1) is 12.9. The standard InChI is InChI=1S/C12H17F2NO/c1-4-15(5-2)12(13,14)10-7-6-8-11(9-10)16-3/h6-9H,4-5H2,1-3H3. The van der Waals surface area contributed by atoms with Crippen LogP contribution >= 0.6 is 0 Å². The van der Waals surface area contributed by atoms with Gasteiger partial charge in [0.05, 0.1) is 7.11 Å². The van der Waals surface area contributed by atoms with Crippen molar-refractivity contribution in [1.82, 2.24) is 4.90 Å². The summed E-state index contributed by atoms with van der Waals surface area (Å²) in [6, 6.07) is 3.07. The van der Waals surface area contributed by atoms with Gasteiger partial charge in [-0.05, 0) is 12.1 Å². The predicted octanol–water partition coefficient (Wildman–Crippen LogP) is 3.09. The molecule has 0 radical (unpaired) electrons. The van der Waals surface area contributed by atoms with Gasteiger partial charge in [0.1, 0.15) is 5.75 Å². The largest absolute Gasteiger partial charge is 0.497 e. The Labute approximate surface area is 94.8 Å². The summed E-state index contributed by atoms with van der Waals surface area (Å²) in [6.07, 6.45) is 0. The Bertz CT molecular complexity index is 338. The Morgan fingerprint density at radius 2 is 1.88 bits per heavy atom. The van der Waals surface area contributed by atoms with Crippen molar-refractivity contribution in [3.05, 3.63) is 29.8 Å². The van der Waals surface area contributed by atoms with Crippen LogP contribution in [0.25, 0.3) is 0 Å². The number of benzene rings is 1. The molecule has 90 valence electrons. The number of hydrogen-bond donors (Lipinski definition) is 0. The van der Waals surface area contributed by atoms with E-state index in [0.717, 1.165) is 4.90 Å². The number of nitrogens with zero attached hydrogens (tertiary/aromatic N) is 1. The summed E-state index contributed by atoms with van der Waals surface area (Å²) in [5.41, 5.74) is -0.0319. The Morgan fingerprint density at radius 3 is 2.38 bits per heavy atom. The molecule has 0 aliphatic rings. The first-order chi connectivity index (χ1) is 7.56. The molecule has 0 aliphatic heterocycles. The van der Waals surface area contributed by atoms with Gasteiger partial charge in [-0.2, -0.15) is 8.78 Å². The number of rotatable bonds is 5. The molecule has 0 heterocycles. The molecule has 0 unspecified atom stereocenters. The molecule has 0 saturated heterocycles. The van der Waals surface area contributed by atoms with E-state index < -0.39 is 6.05 Å². The van der Waals surface area contributed by atoms with Gasteiger partial charge in [0, 0.05) is 18.7 Å². The maximum atomic E-state index is 14.0. The zero-order valence-electron chi connectivity index (χ0n) is 9.84. The summed E-state index contributed by atoms with van der Waals surface area (Å²) in [7, 11) is 1.47.